The van der Waals surface area contributed by atoms with Crippen LogP contribution in [0.1, 0.15) is 15.2 Å². The van der Waals surface area contributed by atoms with Crippen LogP contribution in [0, 0.1) is 0 Å². The molecule has 0 aliphatic heterocycles. The molecule has 0 saturated carbocycles. The SMILES string of the molecule is O=C(c1ccn(S(=O)(=O)c2ccccc2)c1)c1cccs1. The molecule has 2 heterocycles. The van der Waals surface area contributed by atoms with Crippen molar-refractivity contribution in [3.63, 3.8) is 0 Å². The maximum atomic E-state index is 12.4. The van der Waals surface area contributed by atoms with Crippen LogP contribution in [0.2, 0.25) is 0 Å². The molecule has 3 rings (SSSR count). The lowest BCUT2D eigenvalue weighted by Crippen LogP contribution is -2.11. The first-order valence-corrected chi connectivity index (χ1v) is 8.48. The van der Waals surface area contributed by atoms with Crippen molar-refractivity contribution in [3.8, 4) is 0 Å². The molecule has 6 heteroatoms. The smallest absolute Gasteiger partial charge is 0.267 e. The number of ketones is 1. The Morgan fingerprint density at radius 2 is 1.76 bits per heavy atom. The van der Waals surface area contributed by atoms with E-state index in [0.717, 1.165) is 3.97 Å². The fourth-order valence-corrected chi connectivity index (χ4v) is 3.83. The van der Waals surface area contributed by atoms with Gasteiger partial charge in [-0.25, -0.2) is 12.4 Å². The summed E-state index contributed by atoms with van der Waals surface area (Å²) in [5.74, 6) is -0.174. The maximum Gasteiger partial charge on any atom is 0.267 e. The summed E-state index contributed by atoms with van der Waals surface area (Å²) in [5.41, 5.74) is 0.358. The number of nitrogens with zero attached hydrogens (tertiary/aromatic N) is 1. The van der Waals surface area contributed by atoms with E-state index in [1.54, 1.807) is 30.3 Å². The number of rotatable bonds is 4. The first-order chi connectivity index (χ1) is 10.1. The minimum absolute atomic E-state index is 0.174. The van der Waals surface area contributed by atoms with Gasteiger partial charge in [0.25, 0.3) is 10.0 Å². The van der Waals surface area contributed by atoms with Crippen molar-refractivity contribution in [2.75, 3.05) is 0 Å². The topological polar surface area (TPSA) is 56.1 Å². The van der Waals surface area contributed by atoms with Gasteiger partial charge in [-0.3, -0.25) is 4.79 Å². The minimum Gasteiger partial charge on any atom is -0.288 e. The van der Waals surface area contributed by atoms with Crippen LogP contribution >= 0.6 is 11.3 Å². The van der Waals surface area contributed by atoms with Gasteiger partial charge in [0.15, 0.2) is 0 Å². The Labute approximate surface area is 126 Å². The number of benzene rings is 1. The van der Waals surface area contributed by atoms with Crippen molar-refractivity contribution in [1.82, 2.24) is 3.97 Å². The number of carbonyl (C=O) groups excluding carboxylic acids is 1. The molecule has 0 saturated heterocycles. The molecule has 0 aliphatic rings. The fraction of sp³-hybridized carbons (Fsp3) is 0. The third kappa shape index (κ3) is 2.55. The molecule has 106 valence electrons. The lowest BCUT2D eigenvalue weighted by atomic mass is 10.2. The Kier molecular flexibility index (Phi) is 3.48. The Hall–Kier alpha value is -2.18. The molecule has 0 amide bonds. The van der Waals surface area contributed by atoms with Crippen molar-refractivity contribution in [2.24, 2.45) is 0 Å². The fourth-order valence-electron chi connectivity index (χ4n) is 1.92. The lowest BCUT2D eigenvalue weighted by Gasteiger charge is -2.04. The van der Waals surface area contributed by atoms with Gasteiger partial charge in [0, 0.05) is 18.0 Å². The van der Waals surface area contributed by atoms with Crippen LogP contribution in [-0.4, -0.2) is 18.2 Å². The van der Waals surface area contributed by atoms with E-state index in [1.165, 1.54) is 41.9 Å². The summed E-state index contributed by atoms with van der Waals surface area (Å²) in [6.45, 7) is 0. The number of hydrogen-bond acceptors (Lipinski definition) is 4. The van der Waals surface area contributed by atoms with Gasteiger partial charge in [0.1, 0.15) is 0 Å². The largest absolute Gasteiger partial charge is 0.288 e. The van der Waals surface area contributed by atoms with Gasteiger partial charge in [-0.1, -0.05) is 24.3 Å². The van der Waals surface area contributed by atoms with Crippen molar-refractivity contribution in [3.05, 3.63) is 76.7 Å². The number of thiophene rings is 1. The van der Waals surface area contributed by atoms with Crippen LogP contribution in [0.15, 0.2) is 71.2 Å². The Balaban J connectivity index is 1.97. The molecule has 21 heavy (non-hydrogen) atoms. The molecular weight excluding hydrogens is 306 g/mol. The van der Waals surface area contributed by atoms with Crippen LogP contribution in [0.25, 0.3) is 0 Å². The molecule has 0 aliphatic carbocycles. The van der Waals surface area contributed by atoms with E-state index in [4.69, 9.17) is 0 Å². The van der Waals surface area contributed by atoms with E-state index in [-0.39, 0.29) is 10.7 Å². The molecule has 4 nitrogen and oxygen atoms in total. The Morgan fingerprint density at radius 1 is 1.00 bits per heavy atom. The van der Waals surface area contributed by atoms with Crippen LogP contribution in [-0.2, 0) is 10.0 Å². The normalized spacial score (nSPS) is 11.4. The summed E-state index contributed by atoms with van der Waals surface area (Å²) in [7, 11) is -3.65. The zero-order valence-electron chi connectivity index (χ0n) is 10.8. The average molecular weight is 317 g/mol. The highest BCUT2D eigenvalue weighted by Crippen LogP contribution is 2.18. The zero-order valence-corrected chi connectivity index (χ0v) is 12.5. The van der Waals surface area contributed by atoms with Crippen LogP contribution in [0.5, 0.6) is 0 Å². The summed E-state index contributed by atoms with van der Waals surface area (Å²) in [6, 6.07) is 13.1. The van der Waals surface area contributed by atoms with Crippen molar-refractivity contribution >= 4 is 27.1 Å². The zero-order chi connectivity index (χ0) is 14.9. The van der Waals surface area contributed by atoms with Crippen molar-refractivity contribution in [2.45, 2.75) is 4.90 Å². The predicted molar refractivity (Wildman–Crippen MR) is 81.2 cm³/mol. The molecule has 2 aromatic heterocycles. The molecule has 0 radical (unpaired) electrons. The van der Waals surface area contributed by atoms with E-state index in [2.05, 4.69) is 0 Å². The summed E-state index contributed by atoms with van der Waals surface area (Å²) < 4.78 is 25.9. The van der Waals surface area contributed by atoms with E-state index < -0.39 is 10.0 Å². The Bertz CT molecular complexity index is 863. The van der Waals surface area contributed by atoms with Gasteiger partial charge in [-0.15, -0.1) is 11.3 Å². The van der Waals surface area contributed by atoms with E-state index in [0.29, 0.717) is 10.4 Å². The molecule has 0 spiro atoms. The van der Waals surface area contributed by atoms with E-state index in [1.807, 2.05) is 5.38 Å². The molecule has 3 aromatic rings. The quantitative estimate of drug-likeness (QED) is 0.695. The van der Waals surface area contributed by atoms with Gasteiger partial charge in [-0.05, 0) is 29.6 Å². The molecule has 0 N–H and O–H groups in total. The molecule has 0 atom stereocenters. The highest BCUT2D eigenvalue weighted by molar-refractivity contribution is 7.90. The standard InChI is InChI=1S/C15H11NO3S2/c17-15(14-7-4-10-20-14)12-8-9-16(11-12)21(18,19)13-5-2-1-3-6-13/h1-11H. The van der Waals surface area contributed by atoms with Gasteiger partial charge in [0.05, 0.1) is 9.77 Å². The molecular formula is C15H11NO3S2. The highest BCUT2D eigenvalue weighted by Gasteiger charge is 2.18. The number of hydrogen-bond donors (Lipinski definition) is 0. The number of aromatic nitrogens is 1. The van der Waals surface area contributed by atoms with Gasteiger partial charge >= 0.3 is 0 Å². The molecule has 0 bridgehead atoms. The van der Waals surface area contributed by atoms with Gasteiger partial charge in [0.2, 0.25) is 5.78 Å². The highest BCUT2D eigenvalue weighted by atomic mass is 32.2. The summed E-state index contributed by atoms with van der Waals surface area (Å²) >= 11 is 1.33. The second kappa shape index (κ2) is 5.31. The van der Waals surface area contributed by atoms with Gasteiger partial charge in [-0.2, -0.15) is 0 Å². The molecule has 1 aromatic carbocycles. The first-order valence-electron chi connectivity index (χ1n) is 6.16. The van der Waals surface area contributed by atoms with Crippen LogP contribution < -0.4 is 0 Å². The third-order valence-electron chi connectivity index (χ3n) is 2.99. The van der Waals surface area contributed by atoms with Gasteiger partial charge < -0.3 is 0 Å². The van der Waals surface area contributed by atoms with Crippen LogP contribution in [0.3, 0.4) is 0 Å². The second-order valence-electron chi connectivity index (χ2n) is 4.35. The lowest BCUT2D eigenvalue weighted by molar-refractivity contribution is 0.104. The molecule has 0 fully saturated rings. The summed E-state index contributed by atoms with van der Waals surface area (Å²) in [6.07, 6.45) is 2.74. The van der Waals surface area contributed by atoms with E-state index in [9.17, 15) is 13.2 Å². The third-order valence-corrected chi connectivity index (χ3v) is 5.51. The van der Waals surface area contributed by atoms with E-state index >= 15 is 0 Å². The minimum atomic E-state index is -3.65. The maximum absolute atomic E-state index is 12.4. The summed E-state index contributed by atoms with van der Waals surface area (Å²) in [4.78, 5) is 13.0. The first kappa shape index (κ1) is 13.8. The Morgan fingerprint density at radius 3 is 2.43 bits per heavy atom. The average Bonchev–Trinajstić information content (AvgIpc) is 3.19. The second-order valence-corrected chi connectivity index (χ2v) is 7.15. The molecule has 0 unspecified atom stereocenters. The monoisotopic (exact) mass is 317 g/mol. The predicted octanol–water partition coefficient (Wildman–Crippen LogP) is 3.02. The van der Waals surface area contributed by atoms with Crippen molar-refractivity contribution < 1.29 is 13.2 Å². The van der Waals surface area contributed by atoms with Crippen LogP contribution in [0.4, 0.5) is 0 Å². The summed E-state index contributed by atoms with van der Waals surface area (Å²) in [5, 5.41) is 1.81. The number of carbonyl (C=O) groups is 1. The van der Waals surface area contributed by atoms with Crippen molar-refractivity contribution in [1.29, 1.82) is 0 Å².